The molecule has 0 aliphatic heterocycles. The third-order valence-electron chi connectivity index (χ3n) is 0.503. The standard InChI is InChI=1S/C6H5/c1-2-4-6-5-3-1/h1-5H/i2D,4D. The molecule has 0 saturated carbocycles. The second kappa shape index (κ2) is 1.61. The zero-order chi connectivity index (χ0) is 5.98. The molecular formula is C6H5. The molecule has 0 N–H and O–H groups in total. The van der Waals surface area contributed by atoms with E-state index in [2.05, 4.69) is 6.07 Å². The van der Waals surface area contributed by atoms with Crippen LogP contribution in [0.4, 0.5) is 0 Å². The first-order valence-corrected chi connectivity index (χ1v) is 1.74. The predicted octanol–water partition coefficient (Wildman–Crippen LogP) is 1.49. The summed E-state index contributed by atoms with van der Waals surface area (Å²) in [7, 11) is 0. The zero-order valence-electron chi connectivity index (χ0n) is 5.23. The van der Waals surface area contributed by atoms with Crippen LogP contribution in [0.15, 0.2) is 30.3 Å². The summed E-state index contributed by atoms with van der Waals surface area (Å²) in [6.07, 6.45) is 0. The zero-order valence-corrected chi connectivity index (χ0v) is 3.23. The van der Waals surface area contributed by atoms with Gasteiger partial charge in [0.2, 0.25) is 0 Å². The summed E-state index contributed by atoms with van der Waals surface area (Å²) < 4.78 is 14.0. The fourth-order valence-corrected chi connectivity index (χ4v) is 0.269. The lowest BCUT2D eigenvalue weighted by atomic mass is 10.4. The molecule has 0 aliphatic rings. The third kappa shape index (κ3) is 0.582. The molecule has 0 bridgehead atoms. The largest absolute Gasteiger partial charge is 0.0629 e. The molecule has 0 nitrogen and oxygen atoms in total. The van der Waals surface area contributed by atoms with Crippen LogP contribution in [-0.2, 0) is 0 Å². The summed E-state index contributed by atoms with van der Waals surface area (Å²) in [5.74, 6) is 0. The van der Waals surface area contributed by atoms with E-state index in [0.29, 0.717) is 0 Å². The first-order valence-electron chi connectivity index (χ1n) is 2.74. The van der Waals surface area contributed by atoms with Crippen LogP contribution >= 0.6 is 0 Å². The van der Waals surface area contributed by atoms with Gasteiger partial charge >= 0.3 is 0 Å². The third-order valence-corrected chi connectivity index (χ3v) is 0.503. The second-order valence-electron chi connectivity index (χ2n) is 0.939. The molecule has 0 heteroatoms. The van der Waals surface area contributed by atoms with Crippen molar-refractivity contribution in [2.24, 2.45) is 0 Å². The summed E-state index contributed by atoms with van der Waals surface area (Å²) >= 11 is 0. The van der Waals surface area contributed by atoms with E-state index in [1.807, 2.05) is 0 Å². The minimum Gasteiger partial charge on any atom is -0.0622 e. The van der Waals surface area contributed by atoms with Gasteiger partial charge < -0.3 is 0 Å². The Labute approximate surface area is 40.2 Å². The van der Waals surface area contributed by atoms with Gasteiger partial charge in [-0.05, 0) is 6.07 Å². The van der Waals surface area contributed by atoms with Gasteiger partial charge in [-0.25, -0.2) is 0 Å². The topological polar surface area (TPSA) is 0 Å². The Balaban J connectivity index is 3.13. The average Bonchev–Trinajstić information content (AvgIpc) is 1.77. The molecule has 1 aromatic carbocycles. The summed E-state index contributed by atoms with van der Waals surface area (Å²) in [4.78, 5) is 0. The molecule has 0 saturated heterocycles. The lowest BCUT2D eigenvalue weighted by Crippen LogP contribution is -1.49. The van der Waals surface area contributed by atoms with E-state index >= 15 is 0 Å². The van der Waals surface area contributed by atoms with Crippen molar-refractivity contribution in [2.75, 3.05) is 0 Å². The molecule has 29 valence electrons. The lowest BCUT2D eigenvalue weighted by Gasteiger charge is -1.68. The molecule has 1 radical (unpaired) electrons. The van der Waals surface area contributed by atoms with Crippen LogP contribution in [0, 0.1) is 6.07 Å². The number of hydrogen-bond donors (Lipinski definition) is 0. The Bertz CT molecular complexity index is 163. The van der Waals surface area contributed by atoms with Crippen LogP contribution < -0.4 is 0 Å². The Morgan fingerprint density at radius 2 is 2.50 bits per heavy atom. The van der Waals surface area contributed by atoms with Crippen LogP contribution in [0.3, 0.4) is 0 Å². The molecule has 0 fully saturated rings. The van der Waals surface area contributed by atoms with Crippen LogP contribution in [0.2, 0.25) is 0 Å². The Morgan fingerprint density at radius 3 is 3.00 bits per heavy atom. The highest BCUT2D eigenvalue weighted by atomic mass is 13.6. The van der Waals surface area contributed by atoms with E-state index in [1.165, 1.54) is 0 Å². The van der Waals surface area contributed by atoms with Crippen molar-refractivity contribution >= 4 is 0 Å². The van der Waals surface area contributed by atoms with Crippen molar-refractivity contribution in [2.45, 2.75) is 0 Å². The molecule has 0 unspecified atom stereocenters. The van der Waals surface area contributed by atoms with Gasteiger partial charge in [0.15, 0.2) is 0 Å². The minimum absolute atomic E-state index is 0.160. The van der Waals surface area contributed by atoms with E-state index in [-0.39, 0.29) is 12.1 Å². The van der Waals surface area contributed by atoms with Crippen LogP contribution in [0.1, 0.15) is 2.74 Å². The fraction of sp³-hybridized carbons (Fsp3) is 0. The van der Waals surface area contributed by atoms with Crippen molar-refractivity contribution in [3.8, 4) is 0 Å². The highest BCUT2D eigenvalue weighted by molar-refractivity contribution is 4.97. The quantitative estimate of drug-likeness (QED) is 0.442. The van der Waals surface area contributed by atoms with E-state index in [9.17, 15) is 0 Å². The maximum atomic E-state index is 7.00. The van der Waals surface area contributed by atoms with Crippen molar-refractivity contribution in [3.63, 3.8) is 0 Å². The summed E-state index contributed by atoms with van der Waals surface area (Å²) in [6.45, 7) is 0. The maximum absolute atomic E-state index is 7.00. The monoisotopic (exact) mass is 79.1 g/mol. The summed E-state index contributed by atoms with van der Waals surface area (Å²) in [6, 6.07) is 7.86. The molecule has 1 aromatic rings. The minimum atomic E-state index is 0.160. The Kier molecular flexibility index (Phi) is 0.477. The van der Waals surface area contributed by atoms with Crippen LogP contribution in [-0.4, -0.2) is 0 Å². The molecule has 0 heterocycles. The average molecular weight is 79.1 g/mol. The van der Waals surface area contributed by atoms with Crippen molar-refractivity contribution in [1.29, 1.82) is 0 Å². The first-order chi connectivity index (χ1) is 3.80. The van der Waals surface area contributed by atoms with E-state index in [0.717, 1.165) is 0 Å². The second-order valence-corrected chi connectivity index (χ2v) is 0.939. The summed E-state index contributed by atoms with van der Waals surface area (Å²) in [5.41, 5.74) is 0. The molecule has 1 rings (SSSR count). The van der Waals surface area contributed by atoms with E-state index in [4.69, 9.17) is 2.74 Å². The molecule has 0 spiro atoms. The van der Waals surface area contributed by atoms with Crippen LogP contribution in [0.5, 0.6) is 0 Å². The van der Waals surface area contributed by atoms with Gasteiger partial charge in [0, 0.05) is 0 Å². The number of hydrogen-bond acceptors (Lipinski definition) is 0. The van der Waals surface area contributed by atoms with Gasteiger partial charge in [0.25, 0.3) is 0 Å². The highest BCUT2D eigenvalue weighted by Gasteiger charge is 1.58. The lowest BCUT2D eigenvalue weighted by molar-refractivity contribution is 1.70. The molecular weight excluding hydrogens is 72.1 g/mol. The fourth-order valence-electron chi connectivity index (χ4n) is 0.269. The molecule has 0 amide bonds. The van der Waals surface area contributed by atoms with Gasteiger partial charge in [0.05, 0.1) is 2.74 Å². The van der Waals surface area contributed by atoms with E-state index in [1.54, 1.807) is 18.2 Å². The van der Waals surface area contributed by atoms with Crippen molar-refractivity contribution in [1.82, 2.24) is 0 Å². The van der Waals surface area contributed by atoms with Gasteiger partial charge in [-0.15, -0.1) is 0 Å². The van der Waals surface area contributed by atoms with Gasteiger partial charge in [-0.2, -0.15) is 0 Å². The van der Waals surface area contributed by atoms with Crippen molar-refractivity contribution < 1.29 is 2.74 Å². The number of rotatable bonds is 0. The first kappa shape index (κ1) is 1.78. The van der Waals surface area contributed by atoms with E-state index < -0.39 is 0 Å². The van der Waals surface area contributed by atoms with Crippen LogP contribution in [0.25, 0.3) is 0 Å². The van der Waals surface area contributed by atoms with Gasteiger partial charge in [-0.3, -0.25) is 0 Å². The molecule has 0 aliphatic carbocycles. The SMILES string of the molecule is [2H]c1[c]cccc1[2H]. The molecule has 0 atom stereocenters. The predicted molar refractivity (Wildman–Crippen MR) is 25.3 cm³/mol. The van der Waals surface area contributed by atoms with Crippen molar-refractivity contribution in [3.05, 3.63) is 36.4 Å². The maximum Gasteiger partial charge on any atom is 0.0629 e. The smallest absolute Gasteiger partial charge is 0.0622 e. The normalized spacial score (nSPS) is 12.7. The highest BCUT2D eigenvalue weighted by Crippen LogP contribution is 1.78. The van der Waals surface area contributed by atoms with Gasteiger partial charge in [-0.1, -0.05) is 30.3 Å². The number of benzene rings is 1. The Hall–Kier alpha value is -0.780. The Morgan fingerprint density at radius 1 is 1.50 bits per heavy atom. The molecule has 6 heavy (non-hydrogen) atoms. The molecule has 0 aromatic heterocycles. The summed E-state index contributed by atoms with van der Waals surface area (Å²) in [5, 5.41) is 0. The van der Waals surface area contributed by atoms with Gasteiger partial charge in [0.1, 0.15) is 0 Å².